The Hall–Kier alpha value is -2.02. The predicted octanol–water partition coefficient (Wildman–Crippen LogP) is 4.13. The number of nitrogens with two attached hydrogens (primary N) is 1. The number of nitrogen functional groups attached to an aromatic ring is 1. The molecule has 2 N–H and O–H groups in total. The molecule has 4 rings (SSSR count). The van der Waals surface area contributed by atoms with Gasteiger partial charge in [-0.15, -0.1) is 22.7 Å². The van der Waals surface area contributed by atoms with Gasteiger partial charge in [-0.2, -0.15) is 5.26 Å². The van der Waals surface area contributed by atoms with E-state index in [1.54, 1.807) is 11.3 Å². The highest BCUT2D eigenvalue weighted by Crippen LogP contribution is 2.40. The van der Waals surface area contributed by atoms with Crippen molar-refractivity contribution >= 4 is 56.3 Å². The van der Waals surface area contributed by atoms with Gasteiger partial charge in [0.15, 0.2) is 16.9 Å². The minimum absolute atomic E-state index is 0.115. The van der Waals surface area contributed by atoms with Gasteiger partial charge < -0.3 is 5.73 Å². The van der Waals surface area contributed by atoms with Crippen molar-refractivity contribution in [3.63, 3.8) is 0 Å². The summed E-state index contributed by atoms with van der Waals surface area (Å²) in [5.41, 5.74) is 8.36. The van der Waals surface area contributed by atoms with Crippen LogP contribution in [0.1, 0.15) is 40.4 Å². The van der Waals surface area contributed by atoms with Crippen LogP contribution in [0.5, 0.6) is 0 Å². The summed E-state index contributed by atoms with van der Waals surface area (Å²) in [5.74, 6) is 0.244. The largest absolute Gasteiger partial charge is 0.383 e. The van der Waals surface area contributed by atoms with Crippen molar-refractivity contribution in [2.45, 2.75) is 44.2 Å². The number of hydrogen-bond donors (Lipinski definition) is 1. The maximum atomic E-state index is 12.5. The second kappa shape index (κ2) is 7.78. The zero-order chi connectivity index (χ0) is 19.8. The minimum atomic E-state index is -0.845. The molecule has 28 heavy (non-hydrogen) atoms. The molecule has 1 aliphatic rings. The Morgan fingerprint density at radius 1 is 1.46 bits per heavy atom. The Morgan fingerprint density at radius 3 is 3.00 bits per heavy atom. The molecule has 2 atom stereocenters. The molecule has 0 unspecified atom stereocenters. The van der Waals surface area contributed by atoms with Gasteiger partial charge in [-0.1, -0.05) is 18.7 Å². The lowest BCUT2D eigenvalue weighted by atomic mass is 9.89. The van der Waals surface area contributed by atoms with Gasteiger partial charge in [-0.05, 0) is 37.7 Å². The van der Waals surface area contributed by atoms with E-state index in [9.17, 15) is 10.1 Å². The Bertz CT molecular complexity index is 1100. The third-order valence-corrected chi connectivity index (χ3v) is 7.89. The van der Waals surface area contributed by atoms with Crippen LogP contribution < -0.4 is 5.73 Å². The number of nitriles is 1. The molecule has 3 heterocycles. The van der Waals surface area contributed by atoms with Gasteiger partial charge in [0.2, 0.25) is 0 Å². The second-order valence-corrected chi connectivity index (χ2v) is 9.98. The van der Waals surface area contributed by atoms with Gasteiger partial charge in [-0.25, -0.2) is 15.0 Å². The number of thioether (sulfide) groups is 1. The average Bonchev–Trinajstić information content (AvgIpc) is 3.23. The van der Waals surface area contributed by atoms with Gasteiger partial charge >= 0.3 is 0 Å². The lowest BCUT2D eigenvalue weighted by Crippen LogP contribution is -2.13. The van der Waals surface area contributed by atoms with Crippen molar-refractivity contribution in [2.75, 3.05) is 11.5 Å². The fourth-order valence-corrected chi connectivity index (χ4v) is 6.47. The SMILES string of the molecule is Cc1csc([C@H](C#N)C(=O)CSc2nc(N)c3c4c(sc3n2)C[C@@H](C)CC4)n1. The lowest BCUT2D eigenvalue weighted by molar-refractivity contribution is -0.116. The first kappa shape index (κ1) is 19.3. The number of fused-ring (bicyclic) bond motifs is 3. The van der Waals surface area contributed by atoms with Crippen molar-refractivity contribution in [3.05, 3.63) is 26.5 Å². The van der Waals surface area contributed by atoms with E-state index in [-0.39, 0.29) is 11.5 Å². The molecule has 0 aromatic carbocycles. The summed E-state index contributed by atoms with van der Waals surface area (Å²) in [5, 5.41) is 13.2. The highest BCUT2D eigenvalue weighted by molar-refractivity contribution is 7.99. The van der Waals surface area contributed by atoms with E-state index in [1.165, 1.54) is 33.5 Å². The van der Waals surface area contributed by atoms with Gasteiger partial charge in [0.1, 0.15) is 15.7 Å². The van der Waals surface area contributed by atoms with E-state index in [1.807, 2.05) is 12.3 Å². The van der Waals surface area contributed by atoms with Crippen LogP contribution in [0.3, 0.4) is 0 Å². The number of aryl methyl sites for hydroxylation is 2. The number of thiazole rings is 1. The van der Waals surface area contributed by atoms with E-state index >= 15 is 0 Å². The number of carbonyl (C=O) groups is 1. The third kappa shape index (κ3) is 3.64. The third-order valence-electron chi connectivity index (χ3n) is 4.84. The van der Waals surface area contributed by atoms with E-state index < -0.39 is 5.92 Å². The van der Waals surface area contributed by atoms with Crippen molar-refractivity contribution < 1.29 is 4.79 Å². The molecule has 0 bridgehead atoms. The summed E-state index contributed by atoms with van der Waals surface area (Å²) in [6.07, 6.45) is 3.25. The number of carbonyl (C=O) groups excluding carboxylic acids is 1. The quantitative estimate of drug-likeness (QED) is 0.480. The molecule has 0 amide bonds. The number of nitrogens with zero attached hydrogens (tertiary/aromatic N) is 4. The molecule has 6 nitrogen and oxygen atoms in total. The Kier molecular flexibility index (Phi) is 5.36. The summed E-state index contributed by atoms with van der Waals surface area (Å²) >= 11 is 4.25. The Labute approximate surface area is 175 Å². The van der Waals surface area contributed by atoms with Crippen LogP contribution in [0.15, 0.2) is 10.5 Å². The number of rotatable bonds is 5. The monoisotopic (exact) mass is 429 g/mol. The molecule has 0 radical (unpaired) electrons. The number of Topliss-reactive ketones (excluding diaryl/α,β-unsaturated/α-hetero) is 1. The fraction of sp³-hybridized carbons (Fsp3) is 0.421. The number of thiophene rings is 1. The smallest absolute Gasteiger partial charge is 0.191 e. The van der Waals surface area contributed by atoms with Crippen LogP contribution >= 0.6 is 34.4 Å². The molecule has 0 saturated carbocycles. The molecule has 3 aromatic rings. The van der Waals surface area contributed by atoms with Crippen molar-refractivity contribution in [3.8, 4) is 6.07 Å². The van der Waals surface area contributed by atoms with Crippen molar-refractivity contribution in [1.82, 2.24) is 15.0 Å². The summed E-state index contributed by atoms with van der Waals surface area (Å²) in [7, 11) is 0. The fourth-order valence-electron chi connectivity index (χ4n) is 3.40. The summed E-state index contributed by atoms with van der Waals surface area (Å²) in [6.45, 7) is 4.12. The molecule has 9 heteroatoms. The molecular formula is C19H19N5OS3. The predicted molar refractivity (Wildman–Crippen MR) is 114 cm³/mol. The molecular weight excluding hydrogens is 410 g/mol. The van der Waals surface area contributed by atoms with Gasteiger partial charge in [0, 0.05) is 16.0 Å². The Morgan fingerprint density at radius 2 is 2.29 bits per heavy atom. The number of hydrogen-bond acceptors (Lipinski definition) is 9. The lowest BCUT2D eigenvalue weighted by Gasteiger charge is -2.17. The van der Waals surface area contributed by atoms with Crippen LogP contribution in [0.2, 0.25) is 0 Å². The van der Waals surface area contributed by atoms with Crippen LogP contribution in [-0.4, -0.2) is 26.5 Å². The van der Waals surface area contributed by atoms with Crippen LogP contribution in [0, 0.1) is 24.2 Å². The summed E-state index contributed by atoms with van der Waals surface area (Å²) in [4.78, 5) is 28.1. The molecule has 1 aliphatic carbocycles. The molecule has 0 fully saturated rings. The number of aromatic nitrogens is 3. The summed E-state index contributed by atoms with van der Waals surface area (Å²) in [6, 6.07) is 2.07. The molecule has 0 aliphatic heterocycles. The van der Waals surface area contributed by atoms with Crippen LogP contribution in [-0.2, 0) is 17.6 Å². The zero-order valence-corrected chi connectivity index (χ0v) is 18.0. The van der Waals surface area contributed by atoms with E-state index in [0.29, 0.717) is 21.9 Å². The van der Waals surface area contributed by atoms with Crippen molar-refractivity contribution in [1.29, 1.82) is 5.26 Å². The first-order valence-electron chi connectivity index (χ1n) is 9.01. The van der Waals surface area contributed by atoms with E-state index in [0.717, 1.165) is 35.2 Å². The van der Waals surface area contributed by atoms with Gasteiger partial charge in [0.05, 0.1) is 17.2 Å². The van der Waals surface area contributed by atoms with Gasteiger partial charge in [0.25, 0.3) is 0 Å². The van der Waals surface area contributed by atoms with Crippen molar-refractivity contribution in [2.24, 2.45) is 5.92 Å². The average molecular weight is 430 g/mol. The maximum absolute atomic E-state index is 12.5. The van der Waals surface area contributed by atoms with Crippen LogP contribution in [0.25, 0.3) is 10.2 Å². The minimum Gasteiger partial charge on any atom is -0.383 e. The van der Waals surface area contributed by atoms with E-state index in [4.69, 9.17) is 5.73 Å². The van der Waals surface area contributed by atoms with E-state index in [2.05, 4.69) is 27.9 Å². The molecule has 3 aromatic heterocycles. The topological polar surface area (TPSA) is 106 Å². The first-order chi connectivity index (χ1) is 13.5. The number of ketones is 1. The highest BCUT2D eigenvalue weighted by atomic mass is 32.2. The first-order valence-corrected chi connectivity index (χ1v) is 11.7. The maximum Gasteiger partial charge on any atom is 0.191 e. The molecule has 0 spiro atoms. The summed E-state index contributed by atoms with van der Waals surface area (Å²) < 4.78 is 0. The molecule has 144 valence electrons. The normalized spacial score (nSPS) is 17.2. The van der Waals surface area contributed by atoms with Gasteiger partial charge in [-0.3, -0.25) is 4.79 Å². The van der Waals surface area contributed by atoms with Crippen LogP contribution in [0.4, 0.5) is 5.82 Å². The standard InChI is InChI=1S/C19H19N5OS3/c1-9-3-4-11-14(5-9)28-18-15(11)16(21)23-19(24-18)27-8-13(25)12(6-20)17-22-10(2)7-26-17/h7,9,12H,3-5,8H2,1-2H3,(H2,21,23,24)/t9-,12+/m0/s1. The second-order valence-electron chi connectivity index (χ2n) is 7.07. The molecule has 0 saturated heterocycles. The highest BCUT2D eigenvalue weighted by Gasteiger charge is 2.25. The Balaban J connectivity index is 1.54. The zero-order valence-electron chi connectivity index (χ0n) is 15.6. The number of anilines is 1.